The van der Waals surface area contributed by atoms with Gasteiger partial charge in [0.05, 0.1) is 16.9 Å². The Morgan fingerprint density at radius 2 is 1.53 bits per heavy atom. The van der Waals surface area contributed by atoms with E-state index in [9.17, 15) is 31.5 Å². The third-order valence-electron chi connectivity index (χ3n) is 7.33. The lowest BCUT2D eigenvalue weighted by Gasteiger charge is -2.24. The lowest BCUT2D eigenvalue weighted by atomic mass is 9.83. The first-order chi connectivity index (χ1) is 19.9. The van der Waals surface area contributed by atoms with Crippen LogP contribution >= 0.6 is 11.6 Å². The summed E-state index contributed by atoms with van der Waals surface area (Å²) < 4.78 is 73.8. The van der Waals surface area contributed by atoms with Crippen LogP contribution < -0.4 is 0 Å². The number of rotatable bonds is 9. The summed E-state index contributed by atoms with van der Waals surface area (Å²) in [6.45, 7) is 7.68. The van der Waals surface area contributed by atoms with Crippen LogP contribution in [0.4, 0.5) is 13.2 Å². The molecule has 3 aromatic carbocycles. The fraction of sp³-hybridized carbons (Fsp3) is 0.281. The van der Waals surface area contributed by atoms with Crippen LogP contribution in [0.5, 0.6) is 0 Å². The Morgan fingerprint density at radius 1 is 0.907 bits per heavy atom. The number of carboxylic acids is 1. The van der Waals surface area contributed by atoms with Crippen LogP contribution in [0.3, 0.4) is 0 Å². The summed E-state index contributed by atoms with van der Waals surface area (Å²) in [7, 11) is -4.23. The Balaban J connectivity index is 1.74. The van der Waals surface area contributed by atoms with Gasteiger partial charge in [-0.05, 0) is 86.2 Å². The quantitative estimate of drug-likeness (QED) is 0.200. The molecular formula is C32H31ClF3NO5S. The van der Waals surface area contributed by atoms with E-state index in [1.165, 1.54) is 0 Å². The van der Waals surface area contributed by atoms with Crippen molar-refractivity contribution in [3.8, 4) is 11.1 Å². The predicted octanol–water partition coefficient (Wildman–Crippen LogP) is 8.30. The molecule has 43 heavy (non-hydrogen) atoms. The second kappa shape index (κ2) is 11.8. The number of furan rings is 1. The topological polar surface area (TPSA) is 87.8 Å². The average Bonchev–Trinajstić information content (AvgIpc) is 3.38. The van der Waals surface area contributed by atoms with Crippen molar-refractivity contribution in [3.63, 3.8) is 0 Å². The molecule has 0 aliphatic rings. The van der Waals surface area contributed by atoms with E-state index in [2.05, 4.69) is 0 Å². The number of nitrogens with zero attached hydrogens (tertiary/aromatic N) is 1. The van der Waals surface area contributed by atoms with Crippen molar-refractivity contribution in [1.29, 1.82) is 0 Å². The average molecular weight is 634 g/mol. The molecule has 4 aromatic rings. The van der Waals surface area contributed by atoms with Gasteiger partial charge in [-0.2, -0.15) is 17.5 Å². The Morgan fingerprint density at radius 3 is 2.09 bits per heavy atom. The van der Waals surface area contributed by atoms with Gasteiger partial charge in [-0.3, -0.25) is 4.79 Å². The summed E-state index contributed by atoms with van der Waals surface area (Å²) in [5, 5.41) is 9.86. The van der Waals surface area contributed by atoms with Gasteiger partial charge in [-0.25, -0.2) is 8.42 Å². The summed E-state index contributed by atoms with van der Waals surface area (Å²) >= 11 is 6.66. The van der Waals surface area contributed by atoms with Gasteiger partial charge >= 0.3 is 12.1 Å². The van der Waals surface area contributed by atoms with Gasteiger partial charge in [0, 0.05) is 11.6 Å². The Bertz CT molecular complexity index is 1770. The highest BCUT2D eigenvalue weighted by atomic mass is 35.5. The van der Waals surface area contributed by atoms with Crippen LogP contribution in [0.2, 0.25) is 5.02 Å². The molecule has 0 saturated heterocycles. The number of aliphatic carboxylic acids is 1. The molecule has 0 amide bonds. The fourth-order valence-electron chi connectivity index (χ4n) is 4.97. The van der Waals surface area contributed by atoms with Crippen molar-refractivity contribution in [1.82, 2.24) is 4.31 Å². The number of hydrogen-bond acceptors (Lipinski definition) is 4. The molecule has 11 heteroatoms. The number of sulfonamides is 1. The molecule has 0 fully saturated rings. The minimum absolute atomic E-state index is 0.0614. The van der Waals surface area contributed by atoms with Crippen molar-refractivity contribution in [3.05, 3.63) is 111 Å². The van der Waals surface area contributed by atoms with Crippen molar-refractivity contribution in [2.45, 2.75) is 64.2 Å². The zero-order valence-corrected chi connectivity index (χ0v) is 25.8. The summed E-state index contributed by atoms with van der Waals surface area (Å²) in [5.41, 5.74) is 3.15. The molecule has 1 aromatic heterocycles. The molecule has 0 bridgehead atoms. The zero-order valence-electron chi connectivity index (χ0n) is 24.2. The molecule has 1 heterocycles. The van der Waals surface area contributed by atoms with Crippen molar-refractivity contribution < 1.29 is 35.9 Å². The zero-order chi connectivity index (χ0) is 31.9. The smallest absolute Gasteiger partial charge is 0.449 e. The molecule has 0 unspecified atom stereocenters. The number of carboxylic acid groups (broad SMARTS) is 1. The number of hydrogen-bond donors (Lipinski definition) is 1. The van der Waals surface area contributed by atoms with E-state index >= 15 is 0 Å². The number of halogens is 4. The van der Waals surface area contributed by atoms with Crippen molar-refractivity contribution >= 4 is 27.6 Å². The van der Waals surface area contributed by atoms with Crippen LogP contribution in [-0.4, -0.2) is 23.8 Å². The lowest BCUT2D eigenvalue weighted by Crippen LogP contribution is -2.31. The van der Waals surface area contributed by atoms with Crippen LogP contribution in [0, 0.1) is 20.8 Å². The van der Waals surface area contributed by atoms with E-state index in [0.717, 1.165) is 22.0 Å². The molecule has 0 spiro atoms. The van der Waals surface area contributed by atoms with E-state index in [0.29, 0.717) is 33.4 Å². The molecule has 6 nitrogen and oxygen atoms in total. The maximum atomic E-state index is 14.1. The minimum atomic E-state index is -4.72. The maximum Gasteiger partial charge on any atom is 0.449 e. The molecule has 4 rings (SSSR count). The maximum absolute atomic E-state index is 14.1. The van der Waals surface area contributed by atoms with Gasteiger partial charge in [0.1, 0.15) is 5.76 Å². The van der Waals surface area contributed by atoms with Crippen LogP contribution in [0.25, 0.3) is 11.1 Å². The van der Waals surface area contributed by atoms with E-state index in [1.807, 2.05) is 13.0 Å². The monoisotopic (exact) mass is 633 g/mol. The van der Waals surface area contributed by atoms with Gasteiger partial charge in [-0.1, -0.05) is 65.7 Å². The van der Waals surface area contributed by atoms with Gasteiger partial charge in [0.15, 0.2) is 0 Å². The molecule has 0 aliphatic heterocycles. The summed E-state index contributed by atoms with van der Waals surface area (Å²) in [6, 6.07) is 17.4. The third kappa shape index (κ3) is 6.82. The Labute approximate surface area is 253 Å². The molecule has 0 radical (unpaired) electrons. The third-order valence-corrected chi connectivity index (χ3v) is 9.78. The second-order valence-electron chi connectivity index (χ2n) is 11.1. The highest BCUT2D eigenvalue weighted by Gasteiger charge is 2.36. The lowest BCUT2D eigenvalue weighted by molar-refractivity contribution is -0.153. The van der Waals surface area contributed by atoms with Crippen LogP contribution in [0.1, 0.15) is 53.2 Å². The largest absolute Gasteiger partial charge is 0.481 e. The predicted molar refractivity (Wildman–Crippen MR) is 158 cm³/mol. The number of aryl methyl sites for hydroxylation is 3. The van der Waals surface area contributed by atoms with E-state index in [1.54, 1.807) is 76.2 Å². The fourth-order valence-corrected chi connectivity index (χ4v) is 7.01. The highest BCUT2D eigenvalue weighted by molar-refractivity contribution is 7.89. The van der Waals surface area contributed by atoms with E-state index in [4.69, 9.17) is 16.0 Å². The summed E-state index contributed by atoms with van der Waals surface area (Å²) in [5.74, 6) is -2.38. The Kier molecular flexibility index (Phi) is 8.89. The molecule has 0 aliphatic carbocycles. The standard InChI is InChI=1S/C32H31ClF3NO5S/c1-19-13-20(2)29(21(3)14-19)43(40,41)37(18-26-11-12-28(42-26)32(34,35)36)17-24-10-9-23(16-27(24)33)22-7-6-8-25(15-22)31(4,5)30(38)39/h6-16H,17-18H2,1-5H3,(H,38,39). The van der Waals surface area contributed by atoms with Crippen LogP contribution in [-0.2, 0) is 39.5 Å². The van der Waals surface area contributed by atoms with Gasteiger partial charge in [0.2, 0.25) is 15.8 Å². The SMILES string of the molecule is Cc1cc(C)c(S(=O)(=O)N(Cc2ccc(C(F)(F)F)o2)Cc2ccc(-c3cccc(C(C)(C)C(=O)O)c3)cc2Cl)c(C)c1. The molecular weight excluding hydrogens is 603 g/mol. The van der Waals surface area contributed by atoms with Gasteiger partial charge < -0.3 is 9.52 Å². The minimum Gasteiger partial charge on any atom is -0.481 e. The number of alkyl halides is 3. The second-order valence-corrected chi connectivity index (χ2v) is 13.4. The molecule has 0 atom stereocenters. The number of benzene rings is 3. The molecule has 0 saturated carbocycles. The summed E-state index contributed by atoms with van der Waals surface area (Å²) in [4.78, 5) is 11.8. The van der Waals surface area contributed by atoms with E-state index in [-0.39, 0.29) is 22.2 Å². The molecule has 1 N–H and O–H groups in total. The van der Waals surface area contributed by atoms with E-state index < -0.39 is 39.9 Å². The van der Waals surface area contributed by atoms with Gasteiger partial charge in [0.25, 0.3) is 0 Å². The Hall–Kier alpha value is -3.60. The van der Waals surface area contributed by atoms with Crippen LogP contribution in [0.15, 0.2) is 76.0 Å². The summed E-state index contributed by atoms with van der Waals surface area (Å²) in [6.07, 6.45) is -4.72. The first-order valence-electron chi connectivity index (χ1n) is 13.3. The first-order valence-corrected chi connectivity index (χ1v) is 15.1. The molecule has 228 valence electrons. The van der Waals surface area contributed by atoms with Crippen molar-refractivity contribution in [2.24, 2.45) is 0 Å². The normalized spacial score (nSPS) is 12.6. The highest BCUT2D eigenvalue weighted by Crippen LogP contribution is 2.35. The number of carbonyl (C=O) groups is 1. The van der Waals surface area contributed by atoms with Gasteiger partial charge in [-0.15, -0.1) is 0 Å². The first kappa shape index (κ1) is 32.3. The van der Waals surface area contributed by atoms with Crippen molar-refractivity contribution in [2.75, 3.05) is 0 Å².